The first-order chi connectivity index (χ1) is 17.3. The Morgan fingerprint density at radius 2 is 1.81 bits per heavy atom. The Morgan fingerprint density at radius 1 is 1.03 bits per heavy atom. The maximum atomic E-state index is 13.0. The van der Waals surface area contributed by atoms with Gasteiger partial charge in [-0.15, -0.1) is 5.10 Å². The van der Waals surface area contributed by atoms with Gasteiger partial charge in [-0.05, 0) is 48.9 Å². The van der Waals surface area contributed by atoms with Crippen molar-refractivity contribution in [1.82, 2.24) is 24.9 Å². The fourth-order valence-electron chi connectivity index (χ4n) is 3.85. The van der Waals surface area contributed by atoms with E-state index in [0.29, 0.717) is 30.7 Å². The number of rotatable bonds is 8. The summed E-state index contributed by atoms with van der Waals surface area (Å²) in [5.41, 5.74) is 1.60. The molecule has 9 nitrogen and oxygen atoms in total. The molecule has 0 aliphatic carbocycles. The molecular weight excluding hydrogens is 472 g/mol. The molecule has 188 valence electrons. The van der Waals surface area contributed by atoms with Crippen LogP contribution < -0.4 is 9.47 Å². The minimum absolute atomic E-state index is 0.0354. The summed E-state index contributed by atoms with van der Waals surface area (Å²) in [5, 5.41) is 8.50. The van der Waals surface area contributed by atoms with Crippen LogP contribution in [-0.2, 0) is 11.3 Å². The highest BCUT2D eigenvalue weighted by Gasteiger charge is 2.23. The van der Waals surface area contributed by atoms with E-state index >= 15 is 0 Å². The van der Waals surface area contributed by atoms with Crippen LogP contribution in [0.25, 0.3) is 23.1 Å². The number of ether oxygens (including phenoxy) is 3. The summed E-state index contributed by atoms with van der Waals surface area (Å²) in [6.07, 6.45) is -1.33. The van der Waals surface area contributed by atoms with E-state index in [9.17, 15) is 8.78 Å². The zero-order valence-corrected chi connectivity index (χ0v) is 19.9. The van der Waals surface area contributed by atoms with Crippen molar-refractivity contribution >= 4 is 0 Å². The Kier molecular flexibility index (Phi) is 6.64. The van der Waals surface area contributed by atoms with E-state index in [-0.39, 0.29) is 23.6 Å². The lowest BCUT2D eigenvalue weighted by Gasteiger charge is -2.23. The number of halogens is 2. The van der Waals surface area contributed by atoms with Crippen molar-refractivity contribution in [2.24, 2.45) is 0 Å². The molecular formula is C25H25F2N5O4. The first-order valence-corrected chi connectivity index (χ1v) is 11.6. The van der Waals surface area contributed by atoms with Gasteiger partial charge < -0.3 is 18.7 Å². The highest BCUT2D eigenvalue weighted by atomic mass is 19.3. The van der Waals surface area contributed by atoms with Gasteiger partial charge in [-0.25, -0.2) is 9.67 Å². The number of hydrogen-bond donors (Lipinski definition) is 0. The summed E-state index contributed by atoms with van der Waals surface area (Å²) in [4.78, 5) is 8.82. The van der Waals surface area contributed by atoms with E-state index in [2.05, 4.69) is 25.0 Å². The summed E-state index contributed by atoms with van der Waals surface area (Å²) in [5.74, 6) is 2.27. The maximum absolute atomic E-state index is 13.0. The number of aromatic nitrogens is 5. The van der Waals surface area contributed by atoms with Crippen molar-refractivity contribution in [2.75, 3.05) is 13.2 Å². The second kappa shape index (κ2) is 10.0. The number of aryl methyl sites for hydroxylation is 1. The second-order valence-electron chi connectivity index (χ2n) is 8.57. The minimum atomic E-state index is -3.26. The number of benzene rings is 2. The van der Waals surface area contributed by atoms with E-state index in [1.165, 1.54) is 12.1 Å². The standard InChI is InChI=1S/C25H25F2N5O4/c1-16-28-23(24-29-22(31-36-24)18-6-8-20(9-7-18)35-25(2,26)27)30-32(16)15-17-4-3-5-21(14-17)34-19-10-12-33-13-11-19/h3-9,14,19H,10-13,15H2,1-2H3. The summed E-state index contributed by atoms with van der Waals surface area (Å²) < 4.78 is 49.2. The van der Waals surface area contributed by atoms with Crippen LogP contribution in [0.1, 0.15) is 31.2 Å². The zero-order valence-electron chi connectivity index (χ0n) is 19.9. The van der Waals surface area contributed by atoms with Gasteiger partial charge in [-0.2, -0.15) is 13.8 Å². The number of hydrogen-bond acceptors (Lipinski definition) is 8. The summed E-state index contributed by atoms with van der Waals surface area (Å²) >= 11 is 0. The highest BCUT2D eigenvalue weighted by Crippen LogP contribution is 2.26. The molecule has 1 aliphatic heterocycles. The van der Waals surface area contributed by atoms with E-state index in [1.807, 2.05) is 31.2 Å². The van der Waals surface area contributed by atoms with Crippen LogP contribution in [0, 0.1) is 6.92 Å². The van der Waals surface area contributed by atoms with Gasteiger partial charge in [0.2, 0.25) is 11.6 Å². The molecule has 0 N–H and O–H groups in total. The summed E-state index contributed by atoms with van der Waals surface area (Å²) in [7, 11) is 0. The fraction of sp³-hybridized carbons (Fsp3) is 0.360. The van der Waals surface area contributed by atoms with Crippen molar-refractivity contribution in [3.8, 4) is 34.6 Å². The largest absolute Gasteiger partial charge is 0.490 e. The average molecular weight is 498 g/mol. The Hall–Kier alpha value is -3.86. The Balaban J connectivity index is 1.27. The van der Waals surface area contributed by atoms with Crippen LogP contribution in [0.3, 0.4) is 0 Å². The van der Waals surface area contributed by atoms with Gasteiger partial charge in [-0.3, -0.25) is 0 Å². The minimum Gasteiger partial charge on any atom is -0.490 e. The molecule has 0 atom stereocenters. The molecule has 0 amide bonds. The molecule has 0 bridgehead atoms. The molecule has 0 unspecified atom stereocenters. The topological polar surface area (TPSA) is 97.3 Å². The molecule has 0 radical (unpaired) electrons. The van der Waals surface area contributed by atoms with Crippen molar-refractivity contribution in [2.45, 2.75) is 45.4 Å². The van der Waals surface area contributed by atoms with E-state index in [0.717, 1.165) is 37.4 Å². The molecule has 1 saturated heterocycles. The fourth-order valence-corrected chi connectivity index (χ4v) is 3.85. The van der Waals surface area contributed by atoms with Crippen LogP contribution in [0.15, 0.2) is 53.1 Å². The molecule has 2 aromatic heterocycles. The van der Waals surface area contributed by atoms with Gasteiger partial charge in [0.15, 0.2) is 0 Å². The third kappa shape index (κ3) is 5.85. The van der Waals surface area contributed by atoms with Gasteiger partial charge in [-0.1, -0.05) is 17.3 Å². The predicted molar refractivity (Wildman–Crippen MR) is 125 cm³/mol. The van der Waals surface area contributed by atoms with E-state index in [4.69, 9.17) is 14.0 Å². The summed E-state index contributed by atoms with van der Waals surface area (Å²) in [6.45, 7) is 4.46. The Morgan fingerprint density at radius 3 is 2.56 bits per heavy atom. The second-order valence-corrected chi connectivity index (χ2v) is 8.57. The molecule has 36 heavy (non-hydrogen) atoms. The van der Waals surface area contributed by atoms with Gasteiger partial charge in [0.05, 0.1) is 19.8 Å². The van der Waals surface area contributed by atoms with Crippen LogP contribution >= 0.6 is 0 Å². The molecule has 11 heteroatoms. The lowest BCUT2D eigenvalue weighted by Crippen LogP contribution is -2.25. The molecule has 0 saturated carbocycles. The first-order valence-electron chi connectivity index (χ1n) is 11.6. The third-order valence-corrected chi connectivity index (χ3v) is 5.59. The normalized spacial score (nSPS) is 14.7. The van der Waals surface area contributed by atoms with Crippen LogP contribution in [-0.4, -0.2) is 50.3 Å². The van der Waals surface area contributed by atoms with Crippen molar-refractivity contribution < 1.29 is 27.5 Å². The van der Waals surface area contributed by atoms with Gasteiger partial charge in [0.25, 0.3) is 5.89 Å². The molecule has 5 rings (SSSR count). The quantitative estimate of drug-likeness (QED) is 0.339. The van der Waals surface area contributed by atoms with Crippen molar-refractivity contribution in [3.63, 3.8) is 0 Å². The third-order valence-electron chi connectivity index (χ3n) is 5.59. The molecule has 0 spiro atoms. The lowest BCUT2D eigenvalue weighted by molar-refractivity contribution is -0.158. The number of alkyl halides is 2. The first kappa shape index (κ1) is 23.9. The van der Waals surface area contributed by atoms with Crippen molar-refractivity contribution in [1.29, 1.82) is 0 Å². The van der Waals surface area contributed by atoms with Crippen LogP contribution in [0.2, 0.25) is 0 Å². The van der Waals surface area contributed by atoms with Crippen LogP contribution in [0.4, 0.5) is 8.78 Å². The molecule has 1 fully saturated rings. The van der Waals surface area contributed by atoms with Crippen LogP contribution in [0.5, 0.6) is 11.5 Å². The molecule has 1 aliphatic rings. The van der Waals surface area contributed by atoms with Crippen molar-refractivity contribution in [3.05, 3.63) is 59.9 Å². The SMILES string of the molecule is Cc1nc(-c2nc(-c3ccc(OC(C)(F)F)cc3)no2)nn1Cc1cccc(OC2CCOCC2)c1. The smallest absolute Gasteiger partial charge is 0.394 e. The summed E-state index contributed by atoms with van der Waals surface area (Å²) in [6, 6.07) is 13.9. The molecule has 4 aromatic rings. The lowest BCUT2D eigenvalue weighted by atomic mass is 10.1. The maximum Gasteiger partial charge on any atom is 0.394 e. The molecule has 2 aromatic carbocycles. The van der Waals surface area contributed by atoms with Gasteiger partial charge >= 0.3 is 6.11 Å². The number of nitrogens with zero attached hydrogens (tertiary/aromatic N) is 5. The monoisotopic (exact) mass is 497 g/mol. The zero-order chi connectivity index (χ0) is 25.1. The van der Waals surface area contributed by atoms with Gasteiger partial charge in [0.1, 0.15) is 23.4 Å². The Labute approximate surface area is 206 Å². The van der Waals surface area contributed by atoms with E-state index in [1.54, 1.807) is 16.8 Å². The molecule has 3 heterocycles. The van der Waals surface area contributed by atoms with E-state index < -0.39 is 6.11 Å². The van der Waals surface area contributed by atoms with Gasteiger partial charge in [0, 0.05) is 25.3 Å². The Bertz CT molecular complexity index is 1310. The highest BCUT2D eigenvalue weighted by molar-refractivity contribution is 5.57. The average Bonchev–Trinajstić information content (AvgIpc) is 3.47. The predicted octanol–water partition coefficient (Wildman–Crippen LogP) is 4.90.